The average Bonchev–Trinajstić information content (AvgIpc) is 2.85. The molecule has 0 bridgehead atoms. The molecule has 2 amide bonds. The molecule has 8 heteroatoms. The number of benzene rings is 2. The standard InChI is InChI=1S/C18H13IN2O4S/c1-11-2-3-13(8-15(11)21(24)25)9-16-17(22)20(18(23)26-16)10-12-4-6-14(19)7-5-12/h2-9H,10H2,1H3/b16-9-. The maximum absolute atomic E-state index is 12.6. The molecule has 0 radical (unpaired) electrons. The third kappa shape index (κ3) is 3.96. The van der Waals surface area contributed by atoms with E-state index in [0.29, 0.717) is 11.1 Å². The molecule has 6 nitrogen and oxygen atoms in total. The second-order valence-corrected chi connectivity index (χ2v) is 7.94. The summed E-state index contributed by atoms with van der Waals surface area (Å²) >= 11 is 3.03. The van der Waals surface area contributed by atoms with E-state index in [9.17, 15) is 19.7 Å². The van der Waals surface area contributed by atoms with E-state index in [0.717, 1.165) is 20.9 Å². The lowest BCUT2D eigenvalue weighted by molar-refractivity contribution is -0.385. The minimum absolute atomic E-state index is 0.0168. The number of nitrogens with zero attached hydrogens (tertiary/aromatic N) is 2. The molecule has 1 heterocycles. The van der Waals surface area contributed by atoms with Crippen molar-refractivity contribution < 1.29 is 14.5 Å². The van der Waals surface area contributed by atoms with Crippen molar-refractivity contribution in [3.05, 3.63) is 77.7 Å². The fraction of sp³-hybridized carbons (Fsp3) is 0.111. The van der Waals surface area contributed by atoms with Crippen LogP contribution in [-0.4, -0.2) is 21.0 Å². The van der Waals surface area contributed by atoms with Gasteiger partial charge in [0.1, 0.15) is 0 Å². The van der Waals surface area contributed by atoms with Crippen LogP contribution in [0, 0.1) is 20.6 Å². The molecule has 1 fully saturated rings. The average molecular weight is 480 g/mol. The van der Waals surface area contributed by atoms with Crippen LogP contribution in [-0.2, 0) is 11.3 Å². The Kier molecular flexibility index (Phi) is 5.42. The number of hydrogen-bond acceptors (Lipinski definition) is 5. The van der Waals surface area contributed by atoms with Crippen LogP contribution in [0.3, 0.4) is 0 Å². The van der Waals surface area contributed by atoms with Crippen LogP contribution < -0.4 is 0 Å². The number of rotatable bonds is 4. The maximum atomic E-state index is 12.6. The van der Waals surface area contributed by atoms with E-state index in [1.165, 1.54) is 17.0 Å². The lowest BCUT2D eigenvalue weighted by Gasteiger charge is -2.12. The largest absolute Gasteiger partial charge is 0.293 e. The van der Waals surface area contributed by atoms with Gasteiger partial charge in [-0.05, 0) is 70.6 Å². The van der Waals surface area contributed by atoms with Gasteiger partial charge in [-0.15, -0.1) is 0 Å². The highest BCUT2D eigenvalue weighted by Crippen LogP contribution is 2.34. The van der Waals surface area contributed by atoms with Crippen molar-refractivity contribution in [1.82, 2.24) is 4.90 Å². The van der Waals surface area contributed by atoms with Gasteiger partial charge in [-0.2, -0.15) is 0 Å². The Bertz CT molecular complexity index is 941. The van der Waals surface area contributed by atoms with Crippen LogP contribution in [0.2, 0.25) is 0 Å². The number of nitro groups is 1. The molecule has 1 aliphatic rings. The molecule has 0 N–H and O–H groups in total. The third-order valence-corrected chi connectivity index (χ3v) is 5.48. The Morgan fingerprint density at radius 2 is 1.88 bits per heavy atom. The van der Waals surface area contributed by atoms with Crippen molar-refractivity contribution in [2.45, 2.75) is 13.5 Å². The first-order valence-corrected chi connectivity index (χ1v) is 9.49. The number of halogens is 1. The van der Waals surface area contributed by atoms with Crippen LogP contribution >= 0.6 is 34.4 Å². The van der Waals surface area contributed by atoms with E-state index in [1.54, 1.807) is 19.1 Å². The van der Waals surface area contributed by atoms with Crippen LogP contribution in [0.15, 0.2) is 47.4 Å². The first-order valence-electron chi connectivity index (χ1n) is 7.60. The first-order chi connectivity index (χ1) is 12.3. The van der Waals surface area contributed by atoms with Gasteiger partial charge < -0.3 is 0 Å². The van der Waals surface area contributed by atoms with E-state index in [-0.39, 0.29) is 28.3 Å². The molecule has 3 rings (SSSR count). The number of thioether (sulfide) groups is 1. The minimum Gasteiger partial charge on any atom is -0.268 e. The topological polar surface area (TPSA) is 80.5 Å². The summed E-state index contributed by atoms with van der Waals surface area (Å²) in [6, 6.07) is 12.3. The maximum Gasteiger partial charge on any atom is 0.293 e. The first kappa shape index (κ1) is 18.6. The van der Waals surface area contributed by atoms with Crippen LogP contribution in [0.25, 0.3) is 6.08 Å². The van der Waals surface area contributed by atoms with Gasteiger partial charge in [0.25, 0.3) is 16.8 Å². The number of nitro benzene ring substituents is 1. The third-order valence-electron chi connectivity index (χ3n) is 3.86. The molecular formula is C18H13IN2O4S. The smallest absolute Gasteiger partial charge is 0.268 e. The summed E-state index contributed by atoms with van der Waals surface area (Å²) in [5, 5.41) is 10.7. The van der Waals surface area contributed by atoms with Crippen molar-refractivity contribution in [2.75, 3.05) is 0 Å². The van der Waals surface area contributed by atoms with Crippen molar-refractivity contribution in [3.63, 3.8) is 0 Å². The van der Waals surface area contributed by atoms with E-state index >= 15 is 0 Å². The summed E-state index contributed by atoms with van der Waals surface area (Å²) in [5.41, 5.74) is 1.90. The highest BCUT2D eigenvalue weighted by atomic mass is 127. The van der Waals surface area contributed by atoms with Gasteiger partial charge in [-0.25, -0.2) is 0 Å². The molecule has 1 aliphatic heterocycles. The number of imide groups is 1. The second kappa shape index (κ2) is 7.58. The van der Waals surface area contributed by atoms with Gasteiger partial charge in [0.05, 0.1) is 16.4 Å². The summed E-state index contributed by atoms with van der Waals surface area (Å²) in [7, 11) is 0. The monoisotopic (exact) mass is 480 g/mol. The van der Waals surface area contributed by atoms with Crippen molar-refractivity contribution in [2.24, 2.45) is 0 Å². The Morgan fingerprint density at radius 3 is 2.54 bits per heavy atom. The quantitative estimate of drug-likeness (QED) is 0.273. The molecule has 2 aromatic rings. The van der Waals surface area contributed by atoms with Crippen LogP contribution in [0.1, 0.15) is 16.7 Å². The van der Waals surface area contributed by atoms with Crippen molar-refractivity contribution in [1.29, 1.82) is 0 Å². The summed E-state index contributed by atoms with van der Waals surface area (Å²) < 4.78 is 1.07. The zero-order valence-corrected chi connectivity index (χ0v) is 16.6. The number of carbonyl (C=O) groups excluding carboxylic acids is 2. The zero-order chi connectivity index (χ0) is 18.8. The highest BCUT2D eigenvalue weighted by Gasteiger charge is 2.35. The molecule has 26 heavy (non-hydrogen) atoms. The number of carbonyl (C=O) groups is 2. The minimum atomic E-state index is -0.463. The molecule has 0 unspecified atom stereocenters. The van der Waals surface area contributed by atoms with E-state index in [2.05, 4.69) is 22.6 Å². The molecule has 1 saturated heterocycles. The Balaban J connectivity index is 1.84. The van der Waals surface area contributed by atoms with Gasteiger partial charge in [-0.1, -0.05) is 24.3 Å². The molecule has 132 valence electrons. The second-order valence-electron chi connectivity index (χ2n) is 5.70. The van der Waals surface area contributed by atoms with E-state index < -0.39 is 4.92 Å². The molecule has 2 aromatic carbocycles. The molecule has 0 spiro atoms. The number of hydrogen-bond donors (Lipinski definition) is 0. The van der Waals surface area contributed by atoms with Crippen molar-refractivity contribution in [3.8, 4) is 0 Å². The predicted octanol–water partition coefficient (Wildman–Crippen LogP) is 4.74. The number of aryl methyl sites for hydroxylation is 1. The predicted molar refractivity (Wildman–Crippen MR) is 109 cm³/mol. The van der Waals surface area contributed by atoms with Gasteiger partial charge in [-0.3, -0.25) is 24.6 Å². The Labute approximate surface area is 167 Å². The molecule has 0 saturated carbocycles. The van der Waals surface area contributed by atoms with Gasteiger partial charge in [0.15, 0.2) is 0 Å². The van der Waals surface area contributed by atoms with Crippen LogP contribution in [0.5, 0.6) is 0 Å². The number of amides is 2. The zero-order valence-electron chi connectivity index (χ0n) is 13.6. The van der Waals surface area contributed by atoms with Gasteiger partial charge in [0, 0.05) is 15.2 Å². The summed E-state index contributed by atoms with van der Waals surface area (Å²) in [6.45, 7) is 1.85. The normalized spacial score (nSPS) is 15.8. The van der Waals surface area contributed by atoms with E-state index in [4.69, 9.17) is 0 Å². The SMILES string of the molecule is Cc1ccc(/C=C2\SC(=O)N(Cc3ccc(I)cc3)C2=O)cc1[N+](=O)[O-]. The molecular weight excluding hydrogens is 467 g/mol. The van der Waals surface area contributed by atoms with Gasteiger partial charge >= 0.3 is 0 Å². The molecule has 0 aliphatic carbocycles. The summed E-state index contributed by atoms with van der Waals surface area (Å²) in [4.78, 5) is 36.8. The Hall–Kier alpha value is -2.20. The summed E-state index contributed by atoms with van der Waals surface area (Å²) in [5.74, 6) is -0.387. The molecule has 0 atom stereocenters. The van der Waals surface area contributed by atoms with Gasteiger partial charge in [0.2, 0.25) is 0 Å². The fourth-order valence-corrected chi connectivity index (χ4v) is 3.67. The summed E-state index contributed by atoms with van der Waals surface area (Å²) in [6.07, 6.45) is 1.52. The lowest BCUT2D eigenvalue weighted by Crippen LogP contribution is -2.27. The van der Waals surface area contributed by atoms with Crippen molar-refractivity contribution >= 4 is 57.3 Å². The lowest BCUT2D eigenvalue weighted by atomic mass is 10.1. The van der Waals surface area contributed by atoms with E-state index in [1.807, 2.05) is 24.3 Å². The Morgan fingerprint density at radius 1 is 1.19 bits per heavy atom. The molecule has 0 aromatic heterocycles. The fourth-order valence-electron chi connectivity index (χ4n) is 2.47. The van der Waals surface area contributed by atoms with Crippen LogP contribution in [0.4, 0.5) is 10.5 Å². The highest BCUT2D eigenvalue weighted by molar-refractivity contribution is 14.1.